The summed E-state index contributed by atoms with van der Waals surface area (Å²) < 4.78 is 5.05. The number of phenols is 1. The number of rotatable bonds is 5. The normalized spacial score (nSPS) is 12.9. The molecule has 0 spiro atoms. The fourth-order valence-corrected chi connectivity index (χ4v) is 1.82. The Kier molecular flexibility index (Phi) is 5.88. The molecule has 1 aromatic rings. The van der Waals surface area contributed by atoms with E-state index in [1.807, 2.05) is 12.8 Å². The number of hydrogen-bond acceptors (Lipinski definition) is 4. The average Bonchev–Trinajstić information content (AvgIpc) is 2.38. The van der Waals surface area contributed by atoms with Gasteiger partial charge in [0.2, 0.25) is 0 Å². The topological polar surface area (TPSA) is 87.0 Å². The van der Waals surface area contributed by atoms with Crippen molar-refractivity contribution in [3.05, 3.63) is 23.8 Å². The van der Waals surface area contributed by atoms with Crippen molar-refractivity contribution in [1.82, 2.24) is 0 Å². The Morgan fingerprint density at radius 3 is 2.75 bits per heavy atom. The van der Waals surface area contributed by atoms with Crippen LogP contribution in [0.15, 0.2) is 18.2 Å². The van der Waals surface area contributed by atoms with Crippen molar-refractivity contribution < 1.29 is 24.9 Å². The zero-order chi connectivity index (χ0) is 15.1. The van der Waals surface area contributed by atoms with Gasteiger partial charge in [0.15, 0.2) is 0 Å². The number of carbonyl (C=O) groups is 1. The summed E-state index contributed by atoms with van der Waals surface area (Å²) in [5, 5.41) is 28.3. The quantitative estimate of drug-likeness (QED) is 0.716. The van der Waals surface area contributed by atoms with Crippen LogP contribution in [0.2, 0.25) is 0 Å². The first-order chi connectivity index (χ1) is 9.43. The van der Waals surface area contributed by atoms with Crippen LogP contribution >= 0.6 is 0 Å². The Morgan fingerprint density at radius 1 is 1.45 bits per heavy atom. The first kappa shape index (κ1) is 15.9. The third kappa shape index (κ3) is 4.82. The van der Waals surface area contributed by atoms with Gasteiger partial charge in [0, 0.05) is 17.9 Å². The average molecular weight is 278 g/mol. The highest BCUT2D eigenvalue weighted by atomic mass is 16.5. The first-order valence-corrected chi connectivity index (χ1v) is 6.20. The molecule has 2 unspecified atom stereocenters. The molecule has 20 heavy (non-hydrogen) atoms. The van der Waals surface area contributed by atoms with Crippen LogP contribution in [0.5, 0.6) is 11.5 Å². The Morgan fingerprint density at radius 2 is 2.15 bits per heavy atom. The van der Waals surface area contributed by atoms with Crippen LogP contribution in [0.3, 0.4) is 0 Å². The van der Waals surface area contributed by atoms with E-state index in [4.69, 9.17) is 9.84 Å². The smallest absolute Gasteiger partial charge is 0.381 e. The van der Waals surface area contributed by atoms with E-state index < -0.39 is 12.1 Å². The number of methoxy groups -OCH3 is 1. The highest BCUT2D eigenvalue weighted by Gasteiger charge is 2.16. The van der Waals surface area contributed by atoms with Gasteiger partial charge in [0.1, 0.15) is 11.5 Å². The molecule has 3 N–H and O–H groups in total. The minimum absolute atomic E-state index is 0.00196. The van der Waals surface area contributed by atoms with Crippen molar-refractivity contribution in [3.8, 4) is 23.3 Å². The molecule has 0 amide bonds. The molecule has 0 bridgehead atoms. The molecular formula is C15H18O5. The minimum Gasteiger partial charge on any atom is -0.508 e. The van der Waals surface area contributed by atoms with E-state index in [0.29, 0.717) is 24.2 Å². The lowest BCUT2D eigenvalue weighted by Gasteiger charge is -2.16. The molecule has 0 saturated carbocycles. The van der Waals surface area contributed by atoms with Gasteiger partial charge in [-0.3, -0.25) is 0 Å². The highest BCUT2D eigenvalue weighted by Crippen LogP contribution is 2.32. The molecule has 0 aliphatic rings. The summed E-state index contributed by atoms with van der Waals surface area (Å²) in [4.78, 5) is 10.3. The third-order valence-corrected chi connectivity index (χ3v) is 2.87. The lowest BCUT2D eigenvalue weighted by Crippen LogP contribution is -2.05. The maximum absolute atomic E-state index is 10.3. The molecule has 1 rings (SSSR count). The van der Waals surface area contributed by atoms with E-state index in [9.17, 15) is 15.0 Å². The standard InChI is InChI=1S/C15H18O5/c1-10(4-3-5-15(18)19)8-14(17)12-9-11(20-2)6-7-13(12)16/h6-7,9-10,14,16-17H,4,8H2,1-2H3,(H,18,19). The van der Waals surface area contributed by atoms with Gasteiger partial charge < -0.3 is 20.1 Å². The molecule has 108 valence electrons. The van der Waals surface area contributed by atoms with Gasteiger partial charge in [-0.05, 0) is 30.5 Å². The molecule has 0 heterocycles. The van der Waals surface area contributed by atoms with Crippen molar-refractivity contribution in [3.63, 3.8) is 0 Å². The molecular weight excluding hydrogens is 260 g/mol. The predicted octanol–water partition coefficient (Wildman–Crippen LogP) is 1.94. The maximum Gasteiger partial charge on any atom is 0.381 e. The highest BCUT2D eigenvalue weighted by molar-refractivity contribution is 5.86. The summed E-state index contributed by atoms with van der Waals surface area (Å²) in [6.45, 7) is 1.86. The van der Waals surface area contributed by atoms with E-state index in [2.05, 4.69) is 5.92 Å². The van der Waals surface area contributed by atoms with Gasteiger partial charge in [0.25, 0.3) is 0 Å². The summed E-state index contributed by atoms with van der Waals surface area (Å²) in [7, 11) is 1.51. The number of hydrogen-bond donors (Lipinski definition) is 3. The molecule has 0 fully saturated rings. The summed E-state index contributed by atoms with van der Waals surface area (Å²) in [5.41, 5.74) is 0.391. The Balaban J connectivity index is 2.69. The number of carboxylic acid groups (broad SMARTS) is 1. The fraction of sp³-hybridized carbons (Fsp3) is 0.400. The van der Waals surface area contributed by atoms with Crippen LogP contribution in [0.25, 0.3) is 0 Å². The van der Waals surface area contributed by atoms with Gasteiger partial charge in [-0.1, -0.05) is 12.8 Å². The van der Waals surface area contributed by atoms with E-state index >= 15 is 0 Å². The molecule has 0 saturated heterocycles. The fourth-order valence-electron chi connectivity index (χ4n) is 1.82. The van der Waals surface area contributed by atoms with Crippen LogP contribution < -0.4 is 4.74 Å². The van der Waals surface area contributed by atoms with Crippen LogP contribution in [0.4, 0.5) is 0 Å². The van der Waals surface area contributed by atoms with Gasteiger partial charge in [-0.2, -0.15) is 0 Å². The van der Waals surface area contributed by atoms with Crippen LogP contribution in [-0.2, 0) is 4.79 Å². The third-order valence-electron chi connectivity index (χ3n) is 2.87. The molecule has 0 aliphatic carbocycles. The second kappa shape index (κ2) is 7.41. The van der Waals surface area contributed by atoms with Crippen molar-refractivity contribution in [2.45, 2.75) is 25.9 Å². The number of benzene rings is 1. The van der Waals surface area contributed by atoms with E-state index in [-0.39, 0.29) is 11.7 Å². The number of ether oxygens (including phenoxy) is 1. The molecule has 1 aromatic carbocycles. The summed E-state index contributed by atoms with van der Waals surface area (Å²) in [6.07, 6.45) is -0.116. The Bertz CT molecular complexity index is 527. The molecule has 2 atom stereocenters. The summed E-state index contributed by atoms with van der Waals surface area (Å²) >= 11 is 0. The zero-order valence-electron chi connectivity index (χ0n) is 11.5. The predicted molar refractivity (Wildman–Crippen MR) is 73.4 cm³/mol. The van der Waals surface area contributed by atoms with Crippen LogP contribution in [-0.4, -0.2) is 28.4 Å². The van der Waals surface area contributed by atoms with E-state index in [0.717, 1.165) is 0 Å². The molecule has 0 radical (unpaired) electrons. The number of aromatic hydroxyl groups is 1. The van der Waals surface area contributed by atoms with Crippen molar-refractivity contribution in [2.75, 3.05) is 7.11 Å². The number of aliphatic carboxylic acids is 1. The number of aliphatic hydroxyl groups is 1. The first-order valence-electron chi connectivity index (χ1n) is 6.20. The van der Waals surface area contributed by atoms with Crippen LogP contribution in [0, 0.1) is 17.8 Å². The Labute approximate surface area is 117 Å². The molecule has 5 nitrogen and oxygen atoms in total. The Hall–Kier alpha value is -2.19. The largest absolute Gasteiger partial charge is 0.508 e. The van der Waals surface area contributed by atoms with Gasteiger partial charge >= 0.3 is 5.97 Å². The van der Waals surface area contributed by atoms with Gasteiger partial charge in [0.05, 0.1) is 13.2 Å². The monoisotopic (exact) mass is 278 g/mol. The molecule has 5 heteroatoms. The maximum atomic E-state index is 10.3. The van der Waals surface area contributed by atoms with Crippen LogP contribution in [0.1, 0.15) is 31.4 Å². The number of aliphatic hydroxyl groups excluding tert-OH is 1. The number of phenolic OH excluding ortho intramolecular Hbond substituents is 1. The van der Waals surface area contributed by atoms with Gasteiger partial charge in [-0.15, -0.1) is 0 Å². The number of carboxylic acids is 1. The molecule has 0 aromatic heterocycles. The second-order valence-electron chi connectivity index (χ2n) is 4.59. The summed E-state index contributed by atoms with van der Waals surface area (Å²) in [6, 6.07) is 4.65. The second-order valence-corrected chi connectivity index (χ2v) is 4.59. The lowest BCUT2D eigenvalue weighted by atomic mass is 9.95. The van der Waals surface area contributed by atoms with Gasteiger partial charge in [-0.25, -0.2) is 4.79 Å². The van der Waals surface area contributed by atoms with E-state index in [1.165, 1.54) is 13.2 Å². The van der Waals surface area contributed by atoms with Crippen molar-refractivity contribution >= 4 is 5.97 Å². The van der Waals surface area contributed by atoms with E-state index in [1.54, 1.807) is 12.1 Å². The van der Waals surface area contributed by atoms with Crippen molar-refractivity contribution in [1.29, 1.82) is 0 Å². The zero-order valence-corrected chi connectivity index (χ0v) is 11.5. The lowest BCUT2D eigenvalue weighted by molar-refractivity contribution is -0.130. The SMILES string of the molecule is COc1ccc(O)c(C(O)CC(C)CC#CC(=O)O)c1. The minimum atomic E-state index is -1.16. The van der Waals surface area contributed by atoms with Crippen molar-refractivity contribution in [2.24, 2.45) is 5.92 Å². The summed E-state index contributed by atoms with van der Waals surface area (Å²) in [5.74, 6) is 3.96. The molecule has 0 aliphatic heterocycles.